The van der Waals surface area contributed by atoms with Crippen molar-refractivity contribution in [1.29, 1.82) is 0 Å². The molecule has 5 heteroatoms. The zero-order valence-corrected chi connectivity index (χ0v) is 10.9. The van der Waals surface area contributed by atoms with Crippen LogP contribution in [0.3, 0.4) is 0 Å². The fraction of sp³-hybridized carbons (Fsp3) is 0.750. The minimum Gasteiger partial charge on any atom is -0.391 e. The predicted octanol–water partition coefficient (Wildman–Crippen LogP) is 0.351. The molecule has 0 radical (unpaired) electrons. The van der Waals surface area contributed by atoms with Crippen LogP contribution in [-0.2, 0) is 17.7 Å². The number of rotatable bonds is 8. The lowest BCUT2D eigenvalue weighted by molar-refractivity contribution is 0.158. The first-order chi connectivity index (χ1) is 8.17. The maximum atomic E-state index is 9.89. The summed E-state index contributed by atoms with van der Waals surface area (Å²) in [5.74, 6) is 0. The van der Waals surface area contributed by atoms with Crippen molar-refractivity contribution in [2.75, 3.05) is 26.8 Å². The molecule has 0 saturated heterocycles. The molecule has 1 rings (SSSR count). The van der Waals surface area contributed by atoms with Crippen LogP contribution in [-0.4, -0.2) is 47.8 Å². The van der Waals surface area contributed by atoms with Gasteiger partial charge in [-0.2, -0.15) is 5.10 Å². The number of aryl methyl sites for hydroxylation is 2. The van der Waals surface area contributed by atoms with Crippen molar-refractivity contribution in [3.63, 3.8) is 0 Å². The van der Waals surface area contributed by atoms with Gasteiger partial charge in [-0.25, -0.2) is 0 Å². The Labute approximate surface area is 103 Å². The Kier molecular flexibility index (Phi) is 6.18. The van der Waals surface area contributed by atoms with E-state index in [-0.39, 0.29) is 6.10 Å². The van der Waals surface area contributed by atoms with Crippen LogP contribution in [0.1, 0.15) is 18.3 Å². The smallest absolute Gasteiger partial charge is 0.0719 e. The number of aromatic nitrogens is 2. The summed E-state index contributed by atoms with van der Waals surface area (Å²) in [5.41, 5.74) is 2.09. The van der Waals surface area contributed by atoms with Crippen LogP contribution < -0.4 is 5.32 Å². The van der Waals surface area contributed by atoms with Crippen LogP contribution in [0.2, 0.25) is 0 Å². The molecule has 2 N–H and O–H groups in total. The number of hydrogen-bond donors (Lipinski definition) is 2. The lowest BCUT2D eigenvalue weighted by Crippen LogP contribution is -2.31. The largest absolute Gasteiger partial charge is 0.391 e. The van der Waals surface area contributed by atoms with E-state index in [1.807, 2.05) is 17.7 Å². The number of aliphatic hydroxyl groups excluding tert-OH is 1. The topological polar surface area (TPSA) is 59.3 Å². The van der Waals surface area contributed by atoms with Crippen LogP contribution in [0, 0.1) is 6.92 Å². The van der Waals surface area contributed by atoms with Crippen LogP contribution >= 0.6 is 0 Å². The van der Waals surface area contributed by atoms with Crippen molar-refractivity contribution in [2.45, 2.75) is 32.9 Å². The zero-order chi connectivity index (χ0) is 12.7. The van der Waals surface area contributed by atoms with E-state index in [9.17, 15) is 5.11 Å². The maximum Gasteiger partial charge on any atom is 0.0719 e. The molecular weight excluding hydrogens is 218 g/mol. The van der Waals surface area contributed by atoms with Crippen molar-refractivity contribution < 1.29 is 9.84 Å². The summed E-state index contributed by atoms with van der Waals surface area (Å²) < 4.78 is 6.86. The number of aliphatic hydroxyl groups is 1. The number of hydrogen-bond acceptors (Lipinski definition) is 4. The van der Waals surface area contributed by atoms with Gasteiger partial charge < -0.3 is 15.2 Å². The first kappa shape index (κ1) is 14.2. The highest BCUT2D eigenvalue weighted by molar-refractivity contribution is 5.10. The third kappa shape index (κ3) is 4.85. The van der Waals surface area contributed by atoms with Crippen molar-refractivity contribution in [2.24, 2.45) is 0 Å². The van der Waals surface area contributed by atoms with Gasteiger partial charge in [-0.15, -0.1) is 0 Å². The molecule has 0 aliphatic carbocycles. The zero-order valence-electron chi connectivity index (χ0n) is 10.9. The summed E-state index contributed by atoms with van der Waals surface area (Å²) >= 11 is 0. The molecule has 0 amide bonds. The molecule has 0 aliphatic heterocycles. The molecule has 0 spiro atoms. The van der Waals surface area contributed by atoms with Gasteiger partial charge in [-0.05, 0) is 19.9 Å². The molecule has 0 aromatic carbocycles. The molecule has 0 bridgehead atoms. The third-order valence-electron chi connectivity index (χ3n) is 2.59. The Hall–Kier alpha value is -0.910. The lowest BCUT2D eigenvalue weighted by Gasteiger charge is -2.12. The van der Waals surface area contributed by atoms with Crippen molar-refractivity contribution in [1.82, 2.24) is 15.1 Å². The van der Waals surface area contributed by atoms with E-state index >= 15 is 0 Å². The van der Waals surface area contributed by atoms with Gasteiger partial charge in [-0.1, -0.05) is 0 Å². The van der Waals surface area contributed by atoms with Gasteiger partial charge in [0, 0.05) is 38.9 Å². The molecule has 0 aliphatic rings. The minimum atomic E-state index is -0.381. The van der Waals surface area contributed by atoms with Gasteiger partial charge in [0.15, 0.2) is 0 Å². The molecule has 98 valence electrons. The summed E-state index contributed by atoms with van der Waals surface area (Å²) in [6, 6.07) is 2.03. The fourth-order valence-corrected chi connectivity index (χ4v) is 1.79. The highest BCUT2D eigenvalue weighted by Gasteiger charge is 2.10. The van der Waals surface area contributed by atoms with Crippen LogP contribution in [0.15, 0.2) is 6.07 Å². The quantitative estimate of drug-likeness (QED) is 0.645. The SMILES string of the molecule is CCn1nc(C)cc1CC(O)CNCCOC. The van der Waals surface area contributed by atoms with Crippen LogP contribution in [0.5, 0.6) is 0 Å². The van der Waals surface area contributed by atoms with Gasteiger partial charge in [0.2, 0.25) is 0 Å². The Morgan fingerprint density at radius 2 is 2.35 bits per heavy atom. The first-order valence-electron chi connectivity index (χ1n) is 6.08. The number of nitrogens with zero attached hydrogens (tertiary/aromatic N) is 2. The second-order valence-electron chi connectivity index (χ2n) is 4.15. The molecular formula is C12H23N3O2. The van der Waals surface area contributed by atoms with E-state index in [1.54, 1.807) is 7.11 Å². The second kappa shape index (κ2) is 7.42. The normalized spacial score (nSPS) is 12.9. The van der Waals surface area contributed by atoms with Crippen LogP contribution in [0.4, 0.5) is 0 Å². The minimum absolute atomic E-state index is 0.381. The monoisotopic (exact) mass is 241 g/mol. The molecule has 1 atom stereocenters. The Morgan fingerprint density at radius 1 is 1.59 bits per heavy atom. The summed E-state index contributed by atoms with van der Waals surface area (Å²) in [7, 11) is 1.67. The third-order valence-corrected chi connectivity index (χ3v) is 2.59. The maximum absolute atomic E-state index is 9.89. The summed E-state index contributed by atoms with van der Waals surface area (Å²) in [6.45, 7) is 6.88. The molecule has 1 aromatic rings. The fourth-order valence-electron chi connectivity index (χ4n) is 1.79. The van der Waals surface area contributed by atoms with E-state index in [0.29, 0.717) is 19.6 Å². The first-order valence-corrected chi connectivity index (χ1v) is 6.08. The standard InChI is InChI=1S/C12H23N3O2/c1-4-15-11(7-10(2)14-15)8-12(16)9-13-5-6-17-3/h7,12-13,16H,4-6,8-9H2,1-3H3. The number of ether oxygens (including phenoxy) is 1. The summed E-state index contributed by atoms with van der Waals surface area (Å²) in [4.78, 5) is 0. The highest BCUT2D eigenvalue weighted by Crippen LogP contribution is 2.06. The second-order valence-corrected chi connectivity index (χ2v) is 4.15. The Bertz CT molecular complexity index is 326. The van der Waals surface area contributed by atoms with Crippen molar-refractivity contribution in [3.05, 3.63) is 17.5 Å². The van der Waals surface area contributed by atoms with Gasteiger partial charge in [0.05, 0.1) is 18.4 Å². The Balaban J connectivity index is 2.36. The number of methoxy groups -OCH3 is 1. The van der Waals surface area contributed by atoms with Gasteiger partial charge >= 0.3 is 0 Å². The Morgan fingerprint density at radius 3 is 3.00 bits per heavy atom. The predicted molar refractivity (Wildman–Crippen MR) is 67.1 cm³/mol. The van der Waals surface area contributed by atoms with E-state index in [1.165, 1.54) is 0 Å². The van der Waals surface area contributed by atoms with E-state index in [4.69, 9.17) is 4.74 Å². The highest BCUT2D eigenvalue weighted by atomic mass is 16.5. The van der Waals surface area contributed by atoms with E-state index in [2.05, 4.69) is 17.3 Å². The van der Waals surface area contributed by atoms with E-state index in [0.717, 1.165) is 24.5 Å². The molecule has 0 fully saturated rings. The van der Waals surface area contributed by atoms with Crippen molar-refractivity contribution in [3.8, 4) is 0 Å². The summed E-state index contributed by atoms with van der Waals surface area (Å²) in [6.07, 6.45) is 0.252. The number of nitrogens with one attached hydrogen (secondary N) is 1. The average Bonchev–Trinajstić information content (AvgIpc) is 2.65. The molecule has 1 aromatic heterocycles. The molecule has 1 unspecified atom stereocenters. The molecule has 17 heavy (non-hydrogen) atoms. The van der Waals surface area contributed by atoms with Crippen molar-refractivity contribution >= 4 is 0 Å². The van der Waals surface area contributed by atoms with E-state index < -0.39 is 0 Å². The average molecular weight is 241 g/mol. The molecule has 5 nitrogen and oxygen atoms in total. The molecule has 1 heterocycles. The lowest BCUT2D eigenvalue weighted by atomic mass is 10.2. The van der Waals surface area contributed by atoms with Gasteiger partial charge in [0.1, 0.15) is 0 Å². The van der Waals surface area contributed by atoms with Gasteiger partial charge in [0.25, 0.3) is 0 Å². The van der Waals surface area contributed by atoms with Crippen LogP contribution in [0.25, 0.3) is 0 Å². The van der Waals surface area contributed by atoms with Gasteiger partial charge in [-0.3, -0.25) is 4.68 Å². The summed E-state index contributed by atoms with van der Waals surface area (Å²) in [5, 5.41) is 17.4. The molecule has 0 saturated carbocycles.